The van der Waals surface area contributed by atoms with Crippen molar-refractivity contribution in [3.05, 3.63) is 64.9 Å². The van der Waals surface area contributed by atoms with E-state index in [9.17, 15) is 4.79 Å². The summed E-state index contributed by atoms with van der Waals surface area (Å²) in [5, 5.41) is 4.00. The van der Waals surface area contributed by atoms with E-state index in [0.717, 1.165) is 37.5 Å². The maximum absolute atomic E-state index is 11.0. The number of aromatic nitrogens is 2. The fourth-order valence-electron chi connectivity index (χ4n) is 2.00. The van der Waals surface area contributed by atoms with Crippen LogP contribution in [-0.4, -0.2) is 16.3 Å². The Morgan fingerprint density at radius 1 is 1.30 bits per heavy atom. The van der Waals surface area contributed by atoms with Gasteiger partial charge >= 0.3 is 0 Å². The van der Waals surface area contributed by atoms with Crippen LogP contribution in [-0.2, 0) is 4.79 Å². The third-order valence-electron chi connectivity index (χ3n) is 3.27. The molecule has 116 valence electrons. The molecule has 0 aliphatic heterocycles. The molecule has 0 bridgehead atoms. The van der Waals surface area contributed by atoms with Crippen molar-refractivity contribution in [1.82, 2.24) is 9.97 Å². The van der Waals surface area contributed by atoms with Gasteiger partial charge in [-0.25, -0.2) is 9.97 Å². The first-order valence-corrected chi connectivity index (χ1v) is 8.73. The van der Waals surface area contributed by atoms with Gasteiger partial charge in [0, 0.05) is 11.1 Å². The number of nitrogens with zero attached hydrogens (tertiary/aromatic N) is 2. The number of allylic oxidation sites excluding steroid dienone is 5. The molecule has 0 atom stereocenters. The lowest BCUT2D eigenvalue weighted by molar-refractivity contribution is -0.105. The third-order valence-corrected chi connectivity index (χ3v) is 5.32. The van der Waals surface area contributed by atoms with Crippen molar-refractivity contribution in [1.29, 1.82) is 0 Å². The molecule has 0 spiro atoms. The van der Waals surface area contributed by atoms with E-state index in [0.29, 0.717) is 6.42 Å². The second-order valence-electron chi connectivity index (χ2n) is 4.90. The van der Waals surface area contributed by atoms with Crippen LogP contribution in [0.3, 0.4) is 0 Å². The maximum atomic E-state index is 11.0. The topological polar surface area (TPSA) is 54.9 Å². The highest BCUT2D eigenvalue weighted by molar-refractivity contribution is 8.05. The summed E-state index contributed by atoms with van der Waals surface area (Å²) in [7, 11) is 0. The molecule has 0 saturated heterocycles. The highest BCUT2D eigenvalue weighted by atomic mass is 32.2. The van der Waals surface area contributed by atoms with Gasteiger partial charge in [-0.1, -0.05) is 41.3 Å². The van der Waals surface area contributed by atoms with Crippen molar-refractivity contribution in [3.63, 3.8) is 0 Å². The van der Waals surface area contributed by atoms with Gasteiger partial charge in [-0.15, -0.1) is 0 Å². The number of carbonyl (C=O) groups is 1. The van der Waals surface area contributed by atoms with Crippen molar-refractivity contribution >= 4 is 40.3 Å². The predicted molar refractivity (Wildman–Crippen MR) is 96.1 cm³/mol. The summed E-state index contributed by atoms with van der Waals surface area (Å²) in [6, 6.07) is 5.71. The normalized spacial score (nSPS) is 14.4. The lowest BCUT2D eigenvalue weighted by Gasteiger charge is -1.99. The Bertz CT molecular complexity index is 791. The summed E-state index contributed by atoms with van der Waals surface area (Å²) in [4.78, 5) is 20.7. The molecule has 0 amide bonds. The van der Waals surface area contributed by atoms with E-state index in [-0.39, 0.29) is 0 Å². The van der Waals surface area contributed by atoms with Crippen molar-refractivity contribution in [2.24, 2.45) is 0 Å². The van der Waals surface area contributed by atoms with Crippen LogP contribution >= 0.6 is 23.1 Å². The fourth-order valence-corrected chi connectivity index (χ4v) is 3.89. The number of carbonyl (C=O) groups excluding carboxylic acids is 1. The standard InChI is InChI=1S/C17H15N3OS2/c1-12-5-7-14(8-6-13(12)11-21)22-16-10-19-17(23-16)20-15-4-2-3-9-18-15/h2-5,7-11H,6H2,1H3,(H,18,19,20). The monoisotopic (exact) mass is 341 g/mol. The lowest BCUT2D eigenvalue weighted by atomic mass is 10.1. The third kappa shape index (κ3) is 4.18. The molecule has 2 aromatic rings. The molecule has 1 aliphatic rings. The van der Waals surface area contributed by atoms with Gasteiger partial charge in [-0.3, -0.25) is 4.79 Å². The Kier molecular flexibility index (Phi) is 5.05. The molecule has 3 rings (SSSR count). The summed E-state index contributed by atoms with van der Waals surface area (Å²) in [5.41, 5.74) is 1.85. The molecule has 1 aliphatic carbocycles. The van der Waals surface area contributed by atoms with E-state index in [1.54, 1.807) is 29.3 Å². The number of pyridine rings is 1. The maximum Gasteiger partial charge on any atom is 0.189 e. The minimum absolute atomic E-state index is 0.669. The number of nitrogens with one attached hydrogen (secondary N) is 1. The second kappa shape index (κ2) is 7.39. The smallest absolute Gasteiger partial charge is 0.189 e. The molecule has 0 unspecified atom stereocenters. The van der Waals surface area contributed by atoms with Gasteiger partial charge in [0.1, 0.15) is 12.1 Å². The molecule has 2 aromatic heterocycles. The molecule has 0 radical (unpaired) electrons. The number of hydrogen-bond acceptors (Lipinski definition) is 6. The first kappa shape index (κ1) is 15.7. The van der Waals surface area contributed by atoms with Crippen LogP contribution in [0.4, 0.5) is 10.9 Å². The minimum atomic E-state index is 0.669. The summed E-state index contributed by atoms with van der Waals surface area (Å²) >= 11 is 3.23. The molecule has 6 heteroatoms. The average molecular weight is 341 g/mol. The molecule has 1 N–H and O–H groups in total. The van der Waals surface area contributed by atoms with Gasteiger partial charge in [0.25, 0.3) is 0 Å². The van der Waals surface area contributed by atoms with Crippen LogP contribution in [0.15, 0.2) is 69.1 Å². The van der Waals surface area contributed by atoms with Crippen LogP contribution < -0.4 is 5.32 Å². The van der Waals surface area contributed by atoms with Crippen LogP contribution in [0.25, 0.3) is 0 Å². The minimum Gasteiger partial charge on any atom is -0.316 e. The zero-order valence-electron chi connectivity index (χ0n) is 12.5. The molecular weight excluding hydrogens is 326 g/mol. The average Bonchev–Trinajstić information content (AvgIpc) is 2.92. The van der Waals surface area contributed by atoms with E-state index in [2.05, 4.69) is 21.4 Å². The van der Waals surface area contributed by atoms with Crippen LogP contribution in [0.2, 0.25) is 0 Å². The fraction of sp³-hybridized carbons (Fsp3) is 0.118. The highest BCUT2D eigenvalue weighted by Crippen LogP contribution is 2.36. The van der Waals surface area contributed by atoms with Crippen molar-refractivity contribution < 1.29 is 4.79 Å². The Labute approximate surface area is 143 Å². The summed E-state index contributed by atoms with van der Waals surface area (Å²) in [6.45, 7) is 1.96. The summed E-state index contributed by atoms with van der Waals surface area (Å²) in [6.07, 6.45) is 11.3. The molecule has 2 heterocycles. The zero-order valence-corrected chi connectivity index (χ0v) is 14.2. The van der Waals surface area contributed by atoms with E-state index >= 15 is 0 Å². The number of aldehydes is 1. The largest absolute Gasteiger partial charge is 0.316 e. The van der Waals surface area contributed by atoms with Crippen LogP contribution in [0, 0.1) is 0 Å². The van der Waals surface area contributed by atoms with Gasteiger partial charge in [-0.05, 0) is 42.7 Å². The van der Waals surface area contributed by atoms with Crippen LogP contribution in [0.5, 0.6) is 0 Å². The number of anilines is 2. The first-order valence-electron chi connectivity index (χ1n) is 7.09. The Balaban J connectivity index is 1.67. The summed E-state index contributed by atoms with van der Waals surface area (Å²) < 4.78 is 1.09. The van der Waals surface area contributed by atoms with Gasteiger partial charge in [-0.2, -0.15) is 0 Å². The molecule has 0 fully saturated rings. The van der Waals surface area contributed by atoms with Crippen molar-refractivity contribution in [2.75, 3.05) is 5.32 Å². The van der Waals surface area contributed by atoms with Crippen LogP contribution in [0.1, 0.15) is 13.3 Å². The highest BCUT2D eigenvalue weighted by Gasteiger charge is 2.08. The Morgan fingerprint density at radius 3 is 3.00 bits per heavy atom. The quantitative estimate of drug-likeness (QED) is 0.797. The number of thioether (sulfide) groups is 1. The van der Waals surface area contributed by atoms with Crippen molar-refractivity contribution in [3.8, 4) is 0 Å². The molecular formula is C17H15N3OS2. The molecule has 0 aromatic carbocycles. The summed E-state index contributed by atoms with van der Waals surface area (Å²) in [5.74, 6) is 0.780. The number of rotatable bonds is 5. The Morgan fingerprint density at radius 2 is 2.22 bits per heavy atom. The lowest BCUT2D eigenvalue weighted by Crippen LogP contribution is -1.90. The van der Waals surface area contributed by atoms with E-state index in [4.69, 9.17) is 0 Å². The SMILES string of the molecule is CC1=C(C=O)CC=C(Sc2cnc(Nc3ccccn3)s2)C=C1. The Hall–Kier alpha value is -2.18. The number of thiazole rings is 1. The van der Waals surface area contributed by atoms with Gasteiger partial charge in [0.05, 0.1) is 10.4 Å². The van der Waals surface area contributed by atoms with Gasteiger partial charge < -0.3 is 5.32 Å². The van der Waals surface area contributed by atoms with Gasteiger partial charge in [0.15, 0.2) is 5.13 Å². The van der Waals surface area contributed by atoms with E-state index < -0.39 is 0 Å². The van der Waals surface area contributed by atoms with E-state index in [1.807, 2.05) is 43.5 Å². The first-order chi connectivity index (χ1) is 11.2. The van der Waals surface area contributed by atoms with Crippen molar-refractivity contribution in [2.45, 2.75) is 17.6 Å². The predicted octanol–water partition coefficient (Wildman–Crippen LogP) is 4.73. The zero-order chi connectivity index (χ0) is 16.1. The van der Waals surface area contributed by atoms with Gasteiger partial charge in [0.2, 0.25) is 0 Å². The number of hydrogen-bond donors (Lipinski definition) is 1. The molecule has 4 nitrogen and oxygen atoms in total. The molecule has 23 heavy (non-hydrogen) atoms. The molecule has 0 saturated carbocycles. The van der Waals surface area contributed by atoms with E-state index in [1.165, 1.54) is 0 Å². The second-order valence-corrected chi connectivity index (χ2v) is 7.30.